The number of nitrogens with one attached hydrogen (secondary N) is 1. The van der Waals surface area contributed by atoms with Crippen LogP contribution in [0.5, 0.6) is 0 Å². The maximum absolute atomic E-state index is 13.1. The molecule has 1 unspecified atom stereocenters. The largest absolute Gasteiger partial charge is 0.376 e. The number of benzene rings is 1. The minimum Gasteiger partial charge on any atom is -0.376 e. The molecule has 1 aromatic heterocycles. The van der Waals surface area contributed by atoms with Crippen LogP contribution in [0.15, 0.2) is 23.1 Å². The van der Waals surface area contributed by atoms with Crippen molar-refractivity contribution in [2.24, 2.45) is 0 Å². The van der Waals surface area contributed by atoms with Crippen molar-refractivity contribution in [2.45, 2.75) is 49.5 Å². The van der Waals surface area contributed by atoms with Gasteiger partial charge in [0.05, 0.1) is 23.8 Å². The lowest BCUT2D eigenvalue weighted by molar-refractivity contribution is 0.109. The van der Waals surface area contributed by atoms with Gasteiger partial charge in [0.15, 0.2) is 0 Å². The van der Waals surface area contributed by atoms with Gasteiger partial charge in [0.1, 0.15) is 0 Å². The van der Waals surface area contributed by atoms with Crippen molar-refractivity contribution in [1.82, 2.24) is 14.5 Å². The van der Waals surface area contributed by atoms with Gasteiger partial charge >= 0.3 is 0 Å². The number of ether oxygens (including phenoxy) is 1. The van der Waals surface area contributed by atoms with Crippen LogP contribution in [-0.2, 0) is 40.6 Å². The minimum atomic E-state index is -3.44. The van der Waals surface area contributed by atoms with Crippen molar-refractivity contribution in [3.05, 3.63) is 46.3 Å². The molecule has 1 atom stereocenters. The van der Waals surface area contributed by atoms with E-state index in [4.69, 9.17) is 4.74 Å². The number of hydrogen-bond acceptors (Lipinski definition) is 4. The predicted octanol–water partition coefficient (Wildman–Crippen LogP) is 2.15. The molecule has 0 saturated carbocycles. The van der Waals surface area contributed by atoms with E-state index in [0.717, 1.165) is 55.7 Å². The van der Waals surface area contributed by atoms with Crippen molar-refractivity contribution in [3.8, 4) is 0 Å². The molecule has 1 saturated heterocycles. The molecular weight excluding hydrogens is 350 g/mol. The van der Waals surface area contributed by atoms with Crippen LogP contribution in [0.1, 0.15) is 46.8 Å². The van der Waals surface area contributed by atoms with E-state index in [1.54, 1.807) is 10.4 Å². The van der Waals surface area contributed by atoms with E-state index in [-0.39, 0.29) is 5.92 Å². The third kappa shape index (κ3) is 2.61. The standard InChI is InChI=1S/C19H23N3O3S/c23-26(24,16-5-4-13-2-1-3-14(13)10-16)22-8-6-15(11-22)19-17-12-25-9-7-18(17)20-21-19/h4-5,10,15H,1-3,6-9,11-12H2,(H,20,21). The van der Waals surface area contributed by atoms with Crippen LogP contribution in [0.3, 0.4) is 0 Å². The number of rotatable bonds is 3. The third-order valence-corrected chi connectivity index (χ3v) is 7.83. The van der Waals surface area contributed by atoms with Gasteiger partial charge in [-0.2, -0.15) is 9.40 Å². The summed E-state index contributed by atoms with van der Waals surface area (Å²) in [5.41, 5.74) is 5.77. The van der Waals surface area contributed by atoms with E-state index < -0.39 is 10.0 Å². The molecule has 0 amide bonds. The quantitative estimate of drug-likeness (QED) is 0.895. The Hall–Kier alpha value is -1.70. The van der Waals surface area contributed by atoms with E-state index in [1.165, 1.54) is 11.1 Å². The second-order valence-electron chi connectivity index (χ2n) is 7.50. The van der Waals surface area contributed by atoms with Crippen LogP contribution >= 0.6 is 0 Å². The zero-order chi connectivity index (χ0) is 17.7. The molecule has 3 heterocycles. The molecular formula is C19H23N3O3S. The number of nitrogens with zero attached hydrogens (tertiary/aromatic N) is 2. The van der Waals surface area contributed by atoms with E-state index in [0.29, 0.717) is 24.6 Å². The Morgan fingerprint density at radius 3 is 3.00 bits per heavy atom. The molecule has 26 heavy (non-hydrogen) atoms. The summed E-state index contributed by atoms with van der Waals surface area (Å²) in [6.07, 6.45) is 4.83. The molecule has 0 bridgehead atoms. The smallest absolute Gasteiger partial charge is 0.243 e. The molecule has 0 radical (unpaired) electrons. The van der Waals surface area contributed by atoms with Crippen molar-refractivity contribution in [1.29, 1.82) is 0 Å². The first kappa shape index (κ1) is 16.5. The molecule has 5 rings (SSSR count). The van der Waals surface area contributed by atoms with E-state index >= 15 is 0 Å². The molecule has 7 heteroatoms. The average molecular weight is 373 g/mol. The highest BCUT2D eigenvalue weighted by Crippen LogP contribution is 2.34. The average Bonchev–Trinajstić information content (AvgIpc) is 3.38. The third-order valence-electron chi connectivity index (χ3n) is 5.97. The van der Waals surface area contributed by atoms with Crippen LogP contribution < -0.4 is 0 Å². The second-order valence-corrected chi connectivity index (χ2v) is 9.44. The SMILES string of the molecule is O=S(=O)(c1ccc2c(c1)CCC2)N1CCC(c2n[nH]c3c2COCC3)C1. The summed E-state index contributed by atoms with van der Waals surface area (Å²) in [6.45, 7) is 2.34. The molecule has 2 aliphatic heterocycles. The molecule has 1 fully saturated rings. The van der Waals surface area contributed by atoms with Crippen LogP contribution in [0, 0.1) is 0 Å². The van der Waals surface area contributed by atoms with E-state index in [2.05, 4.69) is 10.2 Å². The molecule has 1 aromatic carbocycles. The number of aryl methyl sites for hydroxylation is 2. The Kier molecular flexibility index (Phi) is 3.92. The molecule has 6 nitrogen and oxygen atoms in total. The molecule has 138 valence electrons. The Labute approximate surface area is 153 Å². The van der Waals surface area contributed by atoms with Gasteiger partial charge in [0.2, 0.25) is 10.0 Å². The lowest BCUT2D eigenvalue weighted by Crippen LogP contribution is -2.29. The molecule has 2 aromatic rings. The van der Waals surface area contributed by atoms with Gasteiger partial charge in [-0.3, -0.25) is 5.10 Å². The lowest BCUT2D eigenvalue weighted by atomic mass is 9.98. The minimum absolute atomic E-state index is 0.140. The first-order valence-electron chi connectivity index (χ1n) is 9.38. The first-order valence-corrected chi connectivity index (χ1v) is 10.8. The van der Waals surface area contributed by atoms with Gasteiger partial charge in [-0.1, -0.05) is 6.07 Å². The maximum atomic E-state index is 13.1. The summed E-state index contributed by atoms with van der Waals surface area (Å²) in [4.78, 5) is 0.436. The van der Waals surface area contributed by atoms with Gasteiger partial charge in [0.25, 0.3) is 0 Å². The van der Waals surface area contributed by atoms with Crippen molar-refractivity contribution >= 4 is 10.0 Å². The van der Waals surface area contributed by atoms with Gasteiger partial charge < -0.3 is 4.74 Å². The zero-order valence-corrected chi connectivity index (χ0v) is 15.5. The molecule has 1 aliphatic carbocycles. The van der Waals surface area contributed by atoms with Crippen molar-refractivity contribution in [3.63, 3.8) is 0 Å². The Morgan fingerprint density at radius 2 is 2.08 bits per heavy atom. The van der Waals surface area contributed by atoms with Crippen molar-refractivity contribution in [2.75, 3.05) is 19.7 Å². The number of fused-ring (bicyclic) bond motifs is 2. The predicted molar refractivity (Wildman–Crippen MR) is 96.5 cm³/mol. The molecule has 1 N–H and O–H groups in total. The van der Waals surface area contributed by atoms with E-state index in [1.807, 2.05) is 12.1 Å². The van der Waals surface area contributed by atoms with Gasteiger partial charge in [-0.15, -0.1) is 0 Å². The Morgan fingerprint density at radius 1 is 1.19 bits per heavy atom. The monoisotopic (exact) mass is 373 g/mol. The summed E-state index contributed by atoms with van der Waals surface area (Å²) in [5.74, 6) is 0.140. The molecule has 0 spiro atoms. The molecule has 3 aliphatic rings. The van der Waals surface area contributed by atoms with Gasteiger partial charge in [-0.05, 0) is 48.9 Å². The number of H-pyrrole nitrogens is 1. The second kappa shape index (κ2) is 6.18. The Balaban J connectivity index is 1.39. The zero-order valence-electron chi connectivity index (χ0n) is 14.7. The number of sulfonamides is 1. The van der Waals surface area contributed by atoms with Crippen LogP contribution in [0.2, 0.25) is 0 Å². The fourth-order valence-electron chi connectivity index (χ4n) is 4.50. The fraction of sp³-hybridized carbons (Fsp3) is 0.526. The van der Waals surface area contributed by atoms with E-state index in [9.17, 15) is 8.42 Å². The highest BCUT2D eigenvalue weighted by atomic mass is 32.2. The number of hydrogen-bond donors (Lipinski definition) is 1. The highest BCUT2D eigenvalue weighted by Gasteiger charge is 2.36. The Bertz CT molecular complexity index is 951. The number of aromatic nitrogens is 2. The first-order chi connectivity index (χ1) is 12.6. The van der Waals surface area contributed by atoms with Gasteiger partial charge in [0, 0.05) is 36.7 Å². The summed E-state index contributed by atoms with van der Waals surface area (Å²) in [6, 6.07) is 5.65. The maximum Gasteiger partial charge on any atom is 0.243 e. The van der Waals surface area contributed by atoms with Crippen LogP contribution in [0.4, 0.5) is 0 Å². The summed E-state index contributed by atoms with van der Waals surface area (Å²) in [7, 11) is -3.44. The normalized spacial score (nSPS) is 23.2. The lowest BCUT2D eigenvalue weighted by Gasteiger charge is -2.18. The fourth-order valence-corrected chi connectivity index (χ4v) is 6.05. The summed E-state index contributed by atoms with van der Waals surface area (Å²) >= 11 is 0. The highest BCUT2D eigenvalue weighted by molar-refractivity contribution is 7.89. The topological polar surface area (TPSA) is 75.3 Å². The van der Waals surface area contributed by atoms with Crippen molar-refractivity contribution < 1.29 is 13.2 Å². The summed E-state index contributed by atoms with van der Waals surface area (Å²) in [5, 5.41) is 7.61. The number of aromatic amines is 1. The van der Waals surface area contributed by atoms with Gasteiger partial charge in [-0.25, -0.2) is 8.42 Å². The van der Waals surface area contributed by atoms with Crippen LogP contribution in [0.25, 0.3) is 0 Å². The van der Waals surface area contributed by atoms with Crippen LogP contribution in [-0.4, -0.2) is 42.6 Å². The summed E-state index contributed by atoms with van der Waals surface area (Å²) < 4.78 is 33.4.